The molecule has 0 saturated carbocycles. The maximum absolute atomic E-state index is 11.9. The largest absolute Gasteiger partial charge is 0.465 e. The Balaban J connectivity index is 2.17. The number of carbonyl (C=O) groups excluding carboxylic acids is 1. The van der Waals surface area contributed by atoms with Gasteiger partial charge in [0.05, 0.1) is 23.9 Å². The van der Waals surface area contributed by atoms with Crippen molar-refractivity contribution in [3.8, 4) is 11.3 Å². The minimum atomic E-state index is -0.351. The molecule has 21 heavy (non-hydrogen) atoms. The highest BCUT2D eigenvalue weighted by molar-refractivity contribution is 5.97. The molecular weight excluding hydrogens is 262 g/mol. The number of aromatic nitrogens is 1. The van der Waals surface area contributed by atoms with Gasteiger partial charge in [0.2, 0.25) is 0 Å². The average molecular weight is 277 g/mol. The van der Waals surface area contributed by atoms with Crippen LogP contribution in [0.15, 0.2) is 54.6 Å². The maximum Gasteiger partial charge on any atom is 0.338 e. The molecule has 3 heteroatoms. The third-order valence-electron chi connectivity index (χ3n) is 3.45. The van der Waals surface area contributed by atoms with E-state index in [9.17, 15) is 4.79 Å². The van der Waals surface area contributed by atoms with E-state index >= 15 is 0 Å². The molecule has 0 aliphatic heterocycles. The van der Waals surface area contributed by atoms with Crippen LogP contribution in [0.2, 0.25) is 0 Å². The lowest BCUT2D eigenvalue weighted by molar-refractivity contribution is 0.0601. The number of aryl methyl sites for hydroxylation is 1. The Hall–Kier alpha value is -2.68. The van der Waals surface area contributed by atoms with Gasteiger partial charge >= 0.3 is 5.97 Å². The zero-order valence-electron chi connectivity index (χ0n) is 12.0. The molecule has 0 saturated heterocycles. The molecule has 0 aliphatic carbocycles. The molecule has 0 amide bonds. The Bertz CT molecular complexity index is 824. The Morgan fingerprint density at radius 1 is 1.05 bits per heavy atom. The summed E-state index contributed by atoms with van der Waals surface area (Å²) in [5, 5.41) is 1.09. The highest BCUT2D eigenvalue weighted by atomic mass is 16.5. The second-order valence-corrected chi connectivity index (χ2v) is 4.93. The van der Waals surface area contributed by atoms with Gasteiger partial charge in [0.25, 0.3) is 0 Å². The van der Waals surface area contributed by atoms with Crippen molar-refractivity contribution >= 4 is 16.9 Å². The summed E-state index contributed by atoms with van der Waals surface area (Å²) in [7, 11) is 1.38. The van der Waals surface area contributed by atoms with E-state index in [0.29, 0.717) is 5.56 Å². The number of hydrogen-bond acceptors (Lipinski definition) is 3. The highest BCUT2D eigenvalue weighted by Crippen LogP contribution is 2.25. The van der Waals surface area contributed by atoms with Crippen LogP contribution < -0.4 is 0 Å². The fourth-order valence-corrected chi connectivity index (χ4v) is 2.39. The maximum atomic E-state index is 11.9. The number of pyridine rings is 1. The van der Waals surface area contributed by atoms with Crippen LogP contribution in [0.3, 0.4) is 0 Å². The summed E-state index contributed by atoms with van der Waals surface area (Å²) in [6, 6.07) is 17.4. The minimum absolute atomic E-state index is 0.351. The first-order valence-corrected chi connectivity index (χ1v) is 6.74. The SMILES string of the molecule is COC(=O)c1ccccc1-c1ccc2cc(C)ccc2n1. The number of nitrogens with zero attached hydrogens (tertiary/aromatic N) is 1. The predicted molar refractivity (Wildman–Crippen MR) is 83.3 cm³/mol. The number of hydrogen-bond donors (Lipinski definition) is 0. The van der Waals surface area contributed by atoms with E-state index in [2.05, 4.69) is 18.0 Å². The lowest BCUT2D eigenvalue weighted by Gasteiger charge is -2.08. The lowest BCUT2D eigenvalue weighted by atomic mass is 10.0. The number of carbonyl (C=O) groups is 1. The topological polar surface area (TPSA) is 39.2 Å². The van der Waals surface area contributed by atoms with Crippen LogP contribution >= 0.6 is 0 Å². The van der Waals surface area contributed by atoms with E-state index in [0.717, 1.165) is 22.2 Å². The van der Waals surface area contributed by atoms with Gasteiger partial charge in [-0.25, -0.2) is 9.78 Å². The molecular formula is C18H15NO2. The van der Waals surface area contributed by atoms with Gasteiger partial charge in [-0.3, -0.25) is 0 Å². The van der Waals surface area contributed by atoms with Gasteiger partial charge in [0.15, 0.2) is 0 Å². The molecule has 3 rings (SSSR count). The summed E-state index contributed by atoms with van der Waals surface area (Å²) in [5.41, 5.74) is 4.20. The summed E-state index contributed by atoms with van der Waals surface area (Å²) in [5.74, 6) is -0.351. The molecule has 0 aliphatic rings. The van der Waals surface area contributed by atoms with E-state index in [4.69, 9.17) is 4.74 Å². The van der Waals surface area contributed by atoms with Gasteiger partial charge in [-0.2, -0.15) is 0 Å². The monoisotopic (exact) mass is 277 g/mol. The lowest BCUT2D eigenvalue weighted by Crippen LogP contribution is -2.03. The van der Waals surface area contributed by atoms with Crippen LogP contribution in [0.5, 0.6) is 0 Å². The number of benzene rings is 2. The van der Waals surface area contributed by atoms with Crippen molar-refractivity contribution in [2.45, 2.75) is 6.92 Å². The first kappa shape index (κ1) is 13.3. The molecule has 0 N–H and O–H groups in total. The molecule has 0 spiro atoms. The van der Waals surface area contributed by atoms with E-state index in [1.165, 1.54) is 12.7 Å². The third-order valence-corrected chi connectivity index (χ3v) is 3.45. The van der Waals surface area contributed by atoms with Crippen molar-refractivity contribution in [3.63, 3.8) is 0 Å². The zero-order valence-corrected chi connectivity index (χ0v) is 12.0. The third kappa shape index (κ3) is 2.50. The first-order chi connectivity index (χ1) is 10.2. The molecule has 104 valence electrons. The normalized spacial score (nSPS) is 10.6. The molecule has 0 unspecified atom stereocenters. The van der Waals surface area contributed by atoms with Gasteiger partial charge in [-0.15, -0.1) is 0 Å². The molecule has 3 aromatic rings. The Morgan fingerprint density at radius 3 is 2.67 bits per heavy atom. The van der Waals surface area contributed by atoms with Crippen molar-refractivity contribution < 1.29 is 9.53 Å². The van der Waals surface area contributed by atoms with Crippen molar-refractivity contribution in [3.05, 3.63) is 65.7 Å². The Labute approximate surface area is 123 Å². The molecule has 1 heterocycles. The quantitative estimate of drug-likeness (QED) is 0.665. The molecule has 1 aromatic heterocycles. The second-order valence-electron chi connectivity index (χ2n) is 4.93. The van der Waals surface area contributed by atoms with Crippen LogP contribution in [-0.4, -0.2) is 18.1 Å². The fraction of sp³-hybridized carbons (Fsp3) is 0.111. The highest BCUT2D eigenvalue weighted by Gasteiger charge is 2.13. The standard InChI is InChI=1S/C18H15NO2/c1-12-7-9-16-13(11-12)8-10-17(19-16)14-5-3-4-6-15(14)18(20)21-2/h3-11H,1-2H3. The van der Waals surface area contributed by atoms with Gasteiger partial charge < -0.3 is 4.74 Å². The fourth-order valence-electron chi connectivity index (χ4n) is 2.39. The van der Waals surface area contributed by atoms with Crippen molar-refractivity contribution in [1.82, 2.24) is 4.98 Å². The van der Waals surface area contributed by atoms with Crippen molar-refractivity contribution in [2.75, 3.05) is 7.11 Å². The summed E-state index contributed by atoms with van der Waals surface area (Å²) < 4.78 is 4.83. The number of fused-ring (bicyclic) bond motifs is 1. The Morgan fingerprint density at radius 2 is 1.86 bits per heavy atom. The van der Waals surface area contributed by atoms with Crippen LogP contribution in [0.4, 0.5) is 0 Å². The molecule has 0 atom stereocenters. The van der Waals surface area contributed by atoms with E-state index in [-0.39, 0.29) is 5.97 Å². The zero-order chi connectivity index (χ0) is 14.8. The number of methoxy groups -OCH3 is 1. The van der Waals surface area contributed by atoms with Crippen molar-refractivity contribution in [2.24, 2.45) is 0 Å². The summed E-state index contributed by atoms with van der Waals surface area (Å²) in [6.07, 6.45) is 0. The molecule has 3 nitrogen and oxygen atoms in total. The van der Waals surface area contributed by atoms with Crippen LogP contribution in [0.25, 0.3) is 22.2 Å². The van der Waals surface area contributed by atoms with Crippen LogP contribution in [0.1, 0.15) is 15.9 Å². The van der Waals surface area contributed by atoms with E-state index < -0.39 is 0 Å². The van der Waals surface area contributed by atoms with E-state index in [1.807, 2.05) is 42.5 Å². The molecule has 0 radical (unpaired) electrons. The Kier molecular flexibility index (Phi) is 3.40. The molecule has 0 fully saturated rings. The number of esters is 1. The second kappa shape index (κ2) is 5.37. The van der Waals surface area contributed by atoms with Gasteiger partial charge in [-0.05, 0) is 31.2 Å². The van der Waals surface area contributed by atoms with Crippen molar-refractivity contribution in [1.29, 1.82) is 0 Å². The van der Waals surface area contributed by atoms with Crippen LogP contribution in [0, 0.1) is 6.92 Å². The molecule has 0 bridgehead atoms. The first-order valence-electron chi connectivity index (χ1n) is 6.74. The average Bonchev–Trinajstić information content (AvgIpc) is 2.53. The summed E-state index contributed by atoms with van der Waals surface area (Å²) in [4.78, 5) is 16.5. The van der Waals surface area contributed by atoms with Gasteiger partial charge in [0, 0.05) is 10.9 Å². The smallest absolute Gasteiger partial charge is 0.338 e. The van der Waals surface area contributed by atoms with Gasteiger partial charge in [0.1, 0.15) is 0 Å². The predicted octanol–water partition coefficient (Wildman–Crippen LogP) is 4.00. The summed E-state index contributed by atoms with van der Waals surface area (Å²) in [6.45, 7) is 2.06. The number of ether oxygens (including phenoxy) is 1. The minimum Gasteiger partial charge on any atom is -0.465 e. The number of rotatable bonds is 2. The van der Waals surface area contributed by atoms with E-state index in [1.54, 1.807) is 6.07 Å². The van der Waals surface area contributed by atoms with Crippen LogP contribution in [-0.2, 0) is 4.74 Å². The summed E-state index contributed by atoms with van der Waals surface area (Å²) >= 11 is 0. The molecule has 2 aromatic carbocycles. The van der Waals surface area contributed by atoms with Gasteiger partial charge in [-0.1, -0.05) is 35.9 Å².